The molecule has 1 heterocycles. The number of amides is 1. The topological polar surface area (TPSA) is 105 Å². The number of rotatable bonds is 7. The summed E-state index contributed by atoms with van der Waals surface area (Å²) in [6.45, 7) is 4.18. The molecule has 0 saturated heterocycles. The van der Waals surface area contributed by atoms with E-state index in [0.717, 1.165) is 38.6 Å². The Morgan fingerprint density at radius 1 is 1.03 bits per heavy atom. The highest BCUT2D eigenvalue weighted by atomic mass is 19.1. The average molecular weight is 517 g/mol. The van der Waals surface area contributed by atoms with E-state index in [-0.39, 0.29) is 11.4 Å². The number of hydrogen-bond acceptors (Lipinski definition) is 5. The minimum atomic E-state index is -0.688. The van der Waals surface area contributed by atoms with Crippen LogP contribution in [-0.4, -0.2) is 29.6 Å². The Morgan fingerprint density at radius 3 is 2.37 bits per heavy atom. The Hall–Kier alpha value is -4.50. The molecule has 3 aromatic carbocycles. The van der Waals surface area contributed by atoms with Gasteiger partial charge in [0.2, 0.25) is 0 Å². The van der Waals surface area contributed by atoms with Crippen LogP contribution >= 0.6 is 0 Å². The monoisotopic (exact) mass is 516 g/mol. The van der Waals surface area contributed by atoms with Gasteiger partial charge in [0.25, 0.3) is 11.5 Å². The molecule has 38 heavy (non-hydrogen) atoms. The van der Waals surface area contributed by atoms with Crippen LogP contribution in [0.4, 0.5) is 10.1 Å². The smallest absolute Gasteiger partial charge is 0.328 e. The van der Waals surface area contributed by atoms with E-state index in [2.05, 4.69) is 15.6 Å². The van der Waals surface area contributed by atoms with E-state index in [1.807, 2.05) is 50.2 Å². The van der Waals surface area contributed by atoms with Crippen molar-refractivity contribution < 1.29 is 13.9 Å². The van der Waals surface area contributed by atoms with Crippen LogP contribution in [-0.2, 0) is 13.6 Å². The molecule has 0 saturated carbocycles. The minimum Gasteiger partial charge on any atom is -0.496 e. The fraction of sp³-hybridized carbons (Fsp3) is 0.207. The molecule has 4 aromatic rings. The molecule has 1 amide bonds. The molecule has 0 fully saturated rings. The predicted molar refractivity (Wildman–Crippen MR) is 146 cm³/mol. The molecule has 0 aliphatic heterocycles. The highest BCUT2D eigenvalue weighted by Gasteiger charge is 2.18. The van der Waals surface area contributed by atoms with E-state index in [1.54, 1.807) is 13.1 Å². The van der Waals surface area contributed by atoms with Crippen molar-refractivity contribution in [1.82, 2.24) is 14.9 Å². The van der Waals surface area contributed by atoms with Crippen molar-refractivity contribution in [3.63, 3.8) is 0 Å². The lowest BCUT2D eigenvalue weighted by Gasteiger charge is -2.18. The molecule has 4 rings (SSSR count). The highest BCUT2D eigenvalue weighted by molar-refractivity contribution is 6.04. The molecule has 196 valence electrons. The van der Waals surface area contributed by atoms with Crippen LogP contribution in [0.3, 0.4) is 0 Å². The Morgan fingerprint density at radius 2 is 1.68 bits per heavy atom. The van der Waals surface area contributed by atoms with Gasteiger partial charge in [-0.25, -0.2) is 9.18 Å². The van der Waals surface area contributed by atoms with E-state index < -0.39 is 17.2 Å². The van der Waals surface area contributed by atoms with Crippen molar-refractivity contribution in [2.24, 2.45) is 7.05 Å². The van der Waals surface area contributed by atoms with E-state index in [1.165, 1.54) is 20.2 Å². The summed E-state index contributed by atoms with van der Waals surface area (Å²) in [5, 5.41) is 5.74. The zero-order chi connectivity index (χ0) is 27.6. The Bertz CT molecular complexity index is 1660. The predicted octanol–water partition coefficient (Wildman–Crippen LogP) is 4.14. The van der Waals surface area contributed by atoms with Gasteiger partial charge in [-0.3, -0.25) is 14.2 Å². The molecule has 3 N–H and O–H groups in total. The van der Waals surface area contributed by atoms with Gasteiger partial charge >= 0.3 is 5.69 Å². The third-order valence-electron chi connectivity index (χ3n) is 6.67. The number of anilines is 1. The molecule has 0 bridgehead atoms. The van der Waals surface area contributed by atoms with Gasteiger partial charge in [0.15, 0.2) is 0 Å². The lowest BCUT2D eigenvalue weighted by molar-refractivity contribution is 0.102. The number of aromatic nitrogens is 2. The van der Waals surface area contributed by atoms with Crippen molar-refractivity contribution in [2.45, 2.75) is 20.4 Å². The van der Waals surface area contributed by atoms with Crippen molar-refractivity contribution in [1.29, 1.82) is 0 Å². The van der Waals surface area contributed by atoms with Gasteiger partial charge < -0.3 is 20.4 Å². The second kappa shape index (κ2) is 10.9. The van der Waals surface area contributed by atoms with Gasteiger partial charge in [-0.15, -0.1) is 0 Å². The molecule has 0 atom stereocenters. The second-order valence-corrected chi connectivity index (χ2v) is 8.95. The van der Waals surface area contributed by atoms with Crippen LogP contribution < -0.4 is 26.6 Å². The molecular weight excluding hydrogens is 487 g/mol. The molecule has 0 aliphatic rings. The summed E-state index contributed by atoms with van der Waals surface area (Å²) in [4.78, 5) is 39.3. The number of carbonyl (C=O) groups excluding carboxylic acids is 1. The summed E-state index contributed by atoms with van der Waals surface area (Å²) >= 11 is 0. The van der Waals surface area contributed by atoms with Crippen LogP contribution in [0.1, 0.15) is 27.0 Å². The number of nitrogens with zero attached hydrogens (tertiary/aromatic N) is 1. The Labute approximate surface area is 219 Å². The first-order chi connectivity index (χ1) is 18.2. The molecular formula is C29H29FN4O4. The summed E-state index contributed by atoms with van der Waals surface area (Å²) < 4.78 is 21.3. The Kier molecular flexibility index (Phi) is 7.59. The molecule has 0 radical (unpaired) electrons. The minimum absolute atomic E-state index is 0.173. The largest absolute Gasteiger partial charge is 0.496 e. The van der Waals surface area contributed by atoms with Crippen LogP contribution in [0.2, 0.25) is 0 Å². The van der Waals surface area contributed by atoms with E-state index in [4.69, 9.17) is 4.74 Å². The number of methoxy groups -OCH3 is 1. The number of halogens is 1. The van der Waals surface area contributed by atoms with Crippen LogP contribution in [0.25, 0.3) is 22.3 Å². The number of H-pyrrole nitrogens is 1. The van der Waals surface area contributed by atoms with E-state index in [0.29, 0.717) is 29.1 Å². The van der Waals surface area contributed by atoms with Gasteiger partial charge in [0, 0.05) is 31.0 Å². The average Bonchev–Trinajstić information content (AvgIpc) is 2.90. The van der Waals surface area contributed by atoms with Crippen LogP contribution in [0, 0.1) is 19.7 Å². The summed E-state index contributed by atoms with van der Waals surface area (Å²) in [6, 6.07) is 14.6. The quantitative estimate of drug-likeness (QED) is 0.342. The van der Waals surface area contributed by atoms with E-state index >= 15 is 0 Å². The van der Waals surface area contributed by atoms with Gasteiger partial charge in [0.1, 0.15) is 17.1 Å². The maximum absolute atomic E-state index is 15.0. The third kappa shape index (κ3) is 4.88. The lowest BCUT2D eigenvalue weighted by Crippen LogP contribution is -2.37. The van der Waals surface area contributed by atoms with Crippen molar-refractivity contribution in [3.8, 4) is 28.0 Å². The first-order valence-electron chi connectivity index (χ1n) is 12.0. The van der Waals surface area contributed by atoms with Gasteiger partial charge in [-0.05, 0) is 72.5 Å². The molecule has 0 aliphatic carbocycles. The molecule has 0 unspecified atom stereocenters. The van der Waals surface area contributed by atoms with Crippen molar-refractivity contribution >= 4 is 11.6 Å². The Balaban J connectivity index is 1.74. The summed E-state index contributed by atoms with van der Waals surface area (Å²) in [5.41, 5.74) is 4.56. The van der Waals surface area contributed by atoms with Crippen molar-refractivity contribution in [2.75, 3.05) is 19.5 Å². The fourth-order valence-electron chi connectivity index (χ4n) is 4.52. The summed E-state index contributed by atoms with van der Waals surface area (Å²) in [6.07, 6.45) is 1.11. The molecule has 0 spiro atoms. The fourth-order valence-corrected chi connectivity index (χ4v) is 4.52. The summed E-state index contributed by atoms with van der Waals surface area (Å²) in [5.74, 6) is -0.516. The maximum atomic E-state index is 15.0. The van der Waals surface area contributed by atoms with Crippen LogP contribution in [0.5, 0.6) is 5.75 Å². The number of nitrogens with one attached hydrogen (secondary N) is 3. The molecule has 8 nitrogen and oxygen atoms in total. The number of aromatic amines is 1. The second-order valence-electron chi connectivity index (χ2n) is 8.95. The number of benzene rings is 3. The number of carbonyl (C=O) groups is 1. The molecule has 9 heteroatoms. The first-order valence-corrected chi connectivity index (χ1v) is 12.0. The molecule has 1 aromatic heterocycles. The van der Waals surface area contributed by atoms with Gasteiger partial charge in [0.05, 0.1) is 7.11 Å². The first kappa shape index (κ1) is 26.6. The maximum Gasteiger partial charge on any atom is 0.328 e. The zero-order valence-electron chi connectivity index (χ0n) is 21.9. The van der Waals surface area contributed by atoms with Gasteiger partial charge in [-0.2, -0.15) is 0 Å². The SMILES string of the molecule is CNCc1c(F)cc(-c2cccc(-c3cccc(NC(=O)c4c[nH]c(=O)n(C)c4=O)c3C)c2C)cc1OC. The number of ether oxygens (including phenoxy) is 1. The van der Waals surface area contributed by atoms with Crippen LogP contribution in [0.15, 0.2) is 64.3 Å². The van der Waals surface area contributed by atoms with E-state index in [9.17, 15) is 18.8 Å². The normalized spacial score (nSPS) is 10.9. The zero-order valence-corrected chi connectivity index (χ0v) is 21.9. The highest BCUT2D eigenvalue weighted by Crippen LogP contribution is 2.37. The standard InChI is InChI=1S/C29H29FN4O4/c1-16-19(18-12-24(30)22(14-31-3)26(13-18)38-5)8-6-9-20(16)21-10-7-11-25(17(21)2)33-27(35)23-15-32-29(37)34(4)28(23)36/h6-13,15,31H,14H2,1-5H3,(H,32,37)(H,33,35). The lowest BCUT2D eigenvalue weighted by atomic mass is 9.90. The van der Waals surface area contributed by atoms with Gasteiger partial charge in [-0.1, -0.05) is 30.3 Å². The number of hydrogen-bond donors (Lipinski definition) is 3. The summed E-state index contributed by atoms with van der Waals surface area (Å²) in [7, 11) is 4.57. The van der Waals surface area contributed by atoms with Crippen molar-refractivity contribution in [3.05, 3.63) is 104 Å². The third-order valence-corrected chi connectivity index (χ3v) is 6.67.